The molecule has 1 saturated heterocycles. The molecule has 102 valence electrons. The average Bonchev–Trinajstić information content (AvgIpc) is 2.20. The van der Waals surface area contributed by atoms with E-state index in [9.17, 15) is 4.39 Å². The molecule has 4 heteroatoms. The fourth-order valence-corrected chi connectivity index (χ4v) is 2.61. The number of benzene rings is 1. The van der Waals surface area contributed by atoms with Gasteiger partial charge in [-0.15, -0.1) is 11.1 Å². The van der Waals surface area contributed by atoms with Crippen LogP contribution in [0, 0.1) is 5.82 Å². The van der Waals surface area contributed by atoms with Crippen molar-refractivity contribution in [1.82, 2.24) is 0 Å². The van der Waals surface area contributed by atoms with Crippen molar-refractivity contribution in [3.05, 3.63) is 39.9 Å². The van der Waals surface area contributed by atoms with E-state index in [0.29, 0.717) is 4.47 Å². The van der Waals surface area contributed by atoms with Crippen LogP contribution in [0.5, 0.6) is 0 Å². The van der Waals surface area contributed by atoms with E-state index in [-0.39, 0.29) is 35.8 Å². The van der Waals surface area contributed by atoms with Gasteiger partial charge in [0.2, 0.25) is 0 Å². The first-order valence-electron chi connectivity index (χ1n) is 6.36. The van der Waals surface area contributed by atoms with E-state index in [2.05, 4.69) is 43.6 Å². The van der Waals surface area contributed by atoms with Crippen LogP contribution in [0.25, 0.3) is 5.32 Å². The van der Waals surface area contributed by atoms with Crippen LogP contribution in [0.2, 0.25) is 0 Å². The van der Waals surface area contributed by atoms with E-state index in [1.165, 1.54) is 25.3 Å². The normalized spacial score (nSPS) is 19.7. The van der Waals surface area contributed by atoms with E-state index < -0.39 is 0 Å². The maximum atomic E-state index is 12.3. The molecule has 1 fully saturated rings. The molecule has 1 aliphatic heterocycles. The molecule has 19 heavy (non-hydrogen) atoms. The maximum Gasteiger partial charge on any atom is 1.00 e. The Hall–Kier alpha value is 0.187. The van der Waals surface area contributed by atoms with E-state index >= 15 is 0 Å². The van der Waals surface area contributed by atoms with Crippen molar-refractivity contribution >= 4 is 15.9 Å². The van der Waals surface area contributed by atoms with Crippen molar-refractivity contribution in [3.8, 4) is 0 Å². The zero-order valence-corrected chi connectivity index (χ0v) is 14.2. The van der Waals surface area contributed by atoms with E-state index in [0.717, 1.165) is 0 Å². The third kappa shape index (κ3) is 7.51. The summed E-state index contributed by atoms with van der Waals surface area (Å²) in [6.45, 7) is 8.92. The molecule has 0 N–H and O–H groups in total. The second kappa shape index (κ2) is 7.83. The van der Waals surface area contributed by atoms with Crippen molar-refractivity contribution in [2.24, 2.45) is 0 Å². The van der Waals surface area contributed by atoms with Crippen LogP contribution in [-0.4, -0.2) is 11.1 Å². The van der Waals surface area contributed by atoms with Crippen LogP contribution in [0.1, 0.15) is 47.0 Å². The number of rotatable bonds is 0. The summed E-state index contributed by atoms with van der Waals surface area (Å²) in [4.78, 5) is 0. The molecule has 2 rings (SSSR count). The van der Waals surface area contributed by atoms with Gasteiger partial charge in [-0.1, -0.05) is 59.1 Å². The SMILES string of the molecule is CC1(C)CCCC(C)(C)[N-]1.Fc1ccccc1Br.[Li+]. The Balaban J connectivity index is 0.000000331. The molecule has 0 saturated carbocycles. The summed E-state index contributed by atoms with van der Waals surface area (Å²) in [5.41, 5.74) is 0.476. The third-order valence-electron chi connectivity index (χ3n) is 3.01. The van der Waals surface area contributed by atoms with Gasteiger partial charge < -0.3 is 5.32 Å². The van der Waals surface area contributed by atoms with Crippen LogP contribution < -0.4 is 18.9 Å². The van der Waals surface area contributed by atoms with Gasteiger partial charge in [0, 0.05) is 0 Å². The smallest absolute Gasteiger partial charge is 0.652 e. The molecule has 1 heterocycles. The Bertz CT molecular complexity index is 358. The van der Waals surface area contributed by atoms with Gasteiger partial charge in [0.25, 0.3) is 0 Å². The summed E-state index contributed by atoms with van der Waals surface area (Å²) >= 11 is 3.02. The summed E-state index contributed by atoms with van der Waals surface area (Å²) in [5.74, 6) is -0.215. The topological polar surface area (TPSA) is 14.1 Å². The van der Waals surface area contributed by atoms with Gasteiger partial charge in [0.1, 0.15) is 5.82 Å². The van der Waals surface area contributed by atoms with Crippen LogP contribution >= 0.6 is 15.9 Å². The van der Waals surface area contributed by atoms with Crippen LogP contribution in [0.4, 0.5) is 4.39 Å². The van der Waals surface area contributed by atoms with E-state index in [1.54, 1.807) is 18.2 Å². The monoisotopic (exact) mass is 321 g/mol. The van der Waals surface area contributed by atoms with Crippen molar-refractivity contribution in [2.75, 3.05) is 0 Å². The predicted molar refractivity (Wildman–Crippen MR) is 79.5 cm³/mol. The summed E-state index contributed by atoms with van der Waals surface area (Å²) in [7, 11) is 0. The number of halogens is 2. The van der Waals surface area contributed by atoms with Gasteiger partial charge in [0.15, 0.2) is 0 Å². The number of piperidine rings is 1. The first kappa shape index (κ1) is 19.2. The van der Waals surface area contributed by atoms with Crippen LogP contribution in [0.15, 0.2) is 28.7 Å². The third-order valence-corrected chi connectivity index (χ3v) is 3.65. The molecule has 1 nitrogen and oxygen atoms in total. The minimum absolute atomic E-state index is 0. The zero-order chi connectivity index (χ0) is 13.8. The summed E-state index contributed by atoms with van der Waals surface area (Å²) in [6, 6.07) is 6.49. The van der Waals surface area contributed by atoms with Gasteiger partial charge in [-0.25, -0.2) is 4.39 Å². The molecule has 0 radical (unpaired) electrons. The standard InChI is InChI=1S/C9H18N.C6H4BrF.Li/c1-8(2)6-5-7-9(3,4)10-8;7-5-3-1-2-4-6(5)8;/h5-7H2,1-4H3;1-4H;/q-1;;+1. The van der Waals surface area contributed by atoms with Crippen LogP contribution in [0.3, 0.4) is 0 Å². The molecule has 0 amide bonds. The van der Waals surface area contributed by atoms with Gasteiger partial charge in [0.05, 0.1) is 4.47 Å². The molecular weight excluding hydrogens is 300 g/mol. The van der Waals surface area contributed by atoms with Crippen LogP contribution in [-0.2, 0) is 0 Å². The minimum atomic E-state index is -0.215. The summed E-state index contributed by atoms with van der Waals surface area (Å²) in [5, 5.41) is 4.75. The number of hydrogen-bond donors (Lipinski definition) is 0. The van der Waals surface area contributed by atoms with Gasteiger partial charge in [-0.3, -0.25) is 0 Å². The van der Waals surface area contributed by atoms with Gasteiger partial charge in [-0.05, 0) is 28.1 Å². The Morgan fingerprint density at radius 2 is 1.53 bits per heavy atom. The Morgan fingerprint density at radius 3 is 1.79 bits per heavy atom. The second-order valence-electron chi connectivity index (χ2n) is 6.00. The zero-order valence-electron chi connectivity index (χ0n) is 12.6. The summed E-state index contributed by atoms with van der Waals surface area (Å²) in [6.07, 6.45) is 3.86. The minimum Gasteiger partial charge on any atom is -0.652 e. The number of nitrogens with zero attached hydrogens (tertiary/aromatic N) is 1. The van der Waals surface area contributed by atoms with Gasteiger partial charge >= 0.3 is 18.9 Å². The van der Waals surface area contributed by atoms with E-state index in [1.807, 2.05) is 0 Å². The Kier molecular flexibility index (Phi) is 7.91. The molecule has 0 aliphatic carbocycles. The second-order valence-corrected chi connectivity index (χ2v) is 6.86. The van der Waals surface area contributed by atoms with Gasteiger partial charge in [-0.2, -0.15) is 0 Å². The largest absolute Gasteiger partial charge is 1.00 e. The predicted octanol–water partition coefficient (Wildman–Crippen LogP) is 2.69. The first-order chi connectivity index (χ1) is 8.22. The molecule has 0 aromatic heterocycles. The fraction of sp³-hybridized carbons (Fsp3) is 0.600. The molecular formula is C15H22BrFLiN. The Morgan fingerprint density at radius 1 is 1.05 bits per heavy atom. The fourth-order valence-electron chi connectivity index (χ4n) is 2.32. The maximum absolute atomic E-state index is 12.3. The average molecular weight is 322 g/mol. The van der Waals surface area contributed by atoms with E-state index in [4.69, 9.17) is 5.32 Å². The molecule has 1 aromatic carbocycles. The molecule has 0 atom stereocenters. The first-order valence-corrected chi connectivity index (χ1v) is 7.15. The molecule has 0 spiro atoms. The molecule has 1 aromatic rings. The van der Waals surface area contributed by atoms with Crippen molar-refractivity contribution in [2.45, 2.75) is 58.0 Å². The van der Waals surface area contributed by atoms with Crippen molar-refractivity contribution < 1.29 is 23.3 Å². The van der Waals surface area contributed by atoms with Crippen molar-refractivity contribution in [3.63, 3.8) is 0 Å². The summed E-state index contributed by atoms with van der Waals surface area (Å²) < 4.78 is 12.8. The molecule has 1 aliphatic rings. The quantitative estimate of drug-likeness (QED) is 0.652. The number of hydrogen-bond acceptors (Lipinski definition) is 0. The Labute approximate surface area is 137 Å². The van der Waals surface area contributed by atoms with Crippen molar-refractivity contribution in [1.29, 1.82) is 0 Å². The molecule has 0 bridgehead atoms. The molecule has 0 unspecified atom stereocenters.